The molecule has 26 heavy (non-hydrogen) atoms. The minimum Gasteiger partial charge on any atom is -0.454 e. The first-order valence-corrected chi connectivity index (χ1v) is 8.44. The summed E-state index contributed by atoms with van der Waals surface area (Å²) in [6.45, 7) is 2.64. The summed E-state index contributed by atoms with van der Waals surface area (Å²) < 4.78 is 10.8. The predicted octanol–water partition coefficient (Wildman–Crippen LogP) is 3.51. The number of carbonyl (C=O) groups is 1. The number of aromatic nitrogens is 2. The van der Waals surface area contributed by atoms with E-state index < -0.39 is 0 Å². The van der Waals surface area contributed by atoms with Crippen LogP contribution >= 0.6 is 11.6 Å². The summed E-state index contributed by atoms with van der Waals surface area (Å²) in [5.74, 6) is 1.70. The third-order valence-corrected chi connectivity index (χ3v) is 4.08. The van der Waals surface area contributed by atoms with E-state index in [4.69, 9.17) is 21.1 Å². The van der Waals surface area contributed by atoms with Crippen LogP contribution in [-0.4, -0.2) is 29.2 Å². The minimum atomic E-state index is -0.109. The molecule has 0 bridgehead atoms. The molecule has 0 saturated heterocycles. The zero-order chi connectivity index (χ0) is 18.1. The highest BCUT2D eigenvalue weighted by atomic mass is 35.5. The van der Waals surface area contributed by atoms with Gasteiger partial charge in [-0.05, 0) is 48.9 Å². The number of halogens is 1. The van der Waals surface area contributed by atoms with E-state index in [1.165, 1.54) is 0 Å². The fourth-order valence-corrected chi connectivity index (χ4v) is 2.87. The Kier molecular flexibility index (Phi) is 4.22. The van der Waals surface area contributed by atoms with Crippen LogP contribution in [0.1, 0.15) is 17.3 Å². The van der Waals surface area contributed by atoms with Crippen molar-refractivity contribution in [2.75, 3.05) is 18.7 Å². The summed E-state index contributed by atoms with van der Waals surface area (Å²) in [6, 6.07) is 10.7. The van der Waals surface area contributed by atoms with Crippen molar-refractivity contribution >= 4 is 39.9 Å². The third kappa shape index (κ3) is 3.09. The smallest absolute Gasteiger partial charge is 0.251 e. The summed E-state index contributed by atoms with van der Waals surface area (Å²) >= 11 is 6.06. The Labute approximate surface area is 154 Å². The average molecular weight is 371 g/mol. The zero-order valence-electron chi connectivity index (χ0n) is 13.9. The maximum Gasteiger partial charge on any atom is 0.251 e. The lowest BCUT2D eigenvalue weighted by Crippen LogP contribution is -2.22. The quantitative estimate of drug-likeness (QED) is 0.684. The molecular formula is C18H15ClN4O3. The molecule has 132 valence electrons. The van der Waals surface area contributed by atoms with Gasteiger partial charge in [-0.15, -0.1) is 0 Å². The Balaban J connectivity index is 1.67. The van der Waals surface area contributed by atoms with Gasteiger partial charge in [0, 0.05) is 29.2 Å². The molecule has 0 fully saturated rings. The summed E-state index contributed by atoms with van der Waals surface area (Å²) in [7, 11) is 0. The van der Waals surface area contributed by atoms with Crippen LogP contribution in [0.5, 0.6) is 11.5 Å². The average Bonchev–Trinajstić information content (AvgIpc) is 3.08. The van der Waals surface area contributed by atoms with Gasteiger partial charge in [0.25, 0.3) is 5.91 Å². The van der Waals surface area contributed by atoms with Gasteiger partial charge in [-0.3, -0.25) is 4.79 Å². The lowest BCUT2D eigenvalue weighted by molar-refractivity contribution is 0.0956. The Morgan fingerprint density at radius 2 is 1.88 bits per heavy atom. The van der Waals surface area contributed by atoms with Crippen molar-refractivity contribution in [1.29, 1.82) is 0 Å². The summed E-state index contributed by atoms with van der Waals surface area (Å²) in [5, 5.41) is 6.86. The zero-order valence-corrected chi connectivity index (χ0v) is 14.6. The maximum atomic E-state index is 11.8. The number of hydrogen-bond donors (Lipinski definition) is 2. The topological polar surface area (TPSA) is 85.4 Å². The van der Waals surface area contributed by atoms with E-state index in [1.807, 2.05) is 13.0 Å². The van der Waals surface area contributed by atoms with Crippen LogP contribution in [-0.2, 0) is 0 Å². The van der Waals surface area contributed by atoms with Crippen molar-refractivity contribution in [2.45, 2.75) is 6.92 Å². The number of fused-ring (bicyclic) bond motifs is 2. The van der Waals surface area contributed by atoms with Gasteiger partial charge in [0.15, 0.2) is 11.5 Å². The first kappa shape index (κ1) is 16.4. The molecule has 4 rings (SSSR count). The Morgan fingerprint density at radius 1 is 1.15 bits per heavy atom. The van der Waals surface area contributed by atoms with Crippen LogP contribution < -0.4 is 20.1 Å². The SMILES string of the molecule is CCNC(=O)c1ccc(Nc2nc(Cl)nc3cc4c(cc23)OCO4)cc1. The van der Waals surface area contributed by atoms with E-state index >= 15 is 0 Å². The molecule has 2 aromatic carbocycles. The minimum absolute atomic E-state index is 0.109. The Morgan fingerprint density at radius 3 is 2.62 bits per heavy atom. The van der Waals surface area contributed by atoms with Gasteiger partial charge < -0.3 is 20.1 Å². The number of nitrogens with one attached hydrogen (secondary N) is 2. The molecule has 1 amide bonds. The molecule has 0 unspecified atom stereocenters. The van der Waals surface area contributed by atoms with E-state index in [0.29, 0.717) is 34.9 Å². The van der Waals surface area contributed by atoms with Crippen LogP contribution in [0.25, 0.3) is 10.9 Å². The van der Waals surface area contributed by atoms with E-state index in [-0.39, 0.29) is 18.0 Å². The summed E-state index contributed by atoms with van der Waals surface area (Å²) in [6.07, 6.45) is 0. The van der Waals surface area contributed by atoms with Crippen LogP contribution in [0.15, 0.2) is 36.4 Å². The molecule has 2 N–H and O–H groups in total. The molecule has 3 aromatic rings. The van der Waals surface area contributed by atoms with E-state index in [2.05, 4.69) is 20.6 Å². The highest BCUT2D eigenvalue weighted by molar-refractivity contribution is 6.28. The van der Waals surface area contributed by atoms with Gasteiger partial charge in [-0.2, -0.15) is 4.98 Å². The molecule has 0 aliphatic carbocycles. The van der Waals surface area contributed by atoms with Crippen molar-refractivity contribution in [3.63, 3.8) is 0 Å². The van der Waals surface area contributed by atoms with Crippen molar-refractivity contribution < 1.29 is 14.3 Å². The molecule has 1 aliphatic rings. The molecule has 0 saturated carbocycles. The third-order valence-electron chi connectivity index (χ3n) is 3.91. The molecule has 7 nitrogen and oxygen atoms in total. The number of rotatable bonds is 4. The van der Waals surface area contributed by atoms with Crippen LogP contribution in [0, 0.1) is 0 Å². The highest BCUT2D eigenvalue weighted by Gasteiger charge is 2.18. The second-order valence-corrected chi connectivity index (χ2v) is 5.96. The van der Waals surface area contributed by atoms with E-state index in [9.17, 15) is 4.79 Å². The molecule has 1 aliphatic heterocycles. The normalized spacial score (nSPS) is 12.2. The molecule has 1 aromatic heterocycles. The number of ether oxygens (including phenoxy) is 2. The first-order valence-electron chi connectivity index (χ1n) is 8.06. The number of amides is 1. The Bertz CT molecular complexity index is 992. The van der Waals surface area contributed by atoms with Crippen molar-refractivity contribution in [2.24, 2.45) is 0 Å². The summed E-state index contributed by atoms with van der Waals surface area (Å²) in [4.78, 5) is 20.4. The molecule has 0 radical (unpaired) electrons. The van der Waals surface area contributed by atoms with Gasteiger partial charge >= 0.3 is 0 Å². The fourth-order valence-electron chi connectivity index (χ4n) is 2.69. The van der Waals surface area contributed by atoms with Crippen molar-refractivity contribution in [3.8, 4) is 11.5 Å². The lowest BCUT2D eigenvalue weighted by Gasteiger charge is -2.10. The summed E-state index contributed by atoms with van der Waals surface area (Å²) in [5.41, 5.74) is 2.01. The van der Waals surface area contributed by atoms with Gasteiger partial charge in [0.1, 0.15) is 5.82 Å². The predicted molar refractivity (Wildman–Crippen MR) is 98.4 cm³/mol. The Hall–Kier alpha value is -3.06. The number of hydrogen-bond acceptors (Lipinski definition) is 6. The lowest BCUT2D eigenvalue weighted by atomic mass is 10.1. The molecule has 8 heteroatoms. The largest absolute Gasteiger partial charge is 0.454 e. The second-order valence-electron chi connectivity index (χ2n) is 5.63. The second kappa shape index (κ2) is 6.68. The van der Waals surface area contributed by atoms with Gasteiger partial charge in [-0.25, -0.2) is 4.98 Å². The van der Waals surface area contributed by atoms with Gasteiger partial charge in [0.05, 0.1) is 5.52 Å². The van der Waals surface area contributed by atoms with Gasteiger partial charge in [-0.1, -0.05) is 0 Å². The number of nitrogens with zero attached hydrogens (tertiary/aromatic N) is 2. The number of carbonyl (C=O) groups excluding carboxylic acids is 1. The van der Waals surface area contributed by atoms with Crippen LogP contribution in [0.2, 0.25) is 5.28 Å². The molecular weight excluding hydrogens is 356 g/mol. The van der Waals surface area contributed by atoms with Gasteiger partial charge in [0.2, 0.25) is 12.1 Å². The maximum absolute atomic E-state index is 11.8. The molecule has 0 spiro atoms. The number of benzene rings is 2. The van der Waals surface area contributed by atoms with Crippen molar-refractivity contribution in [3.05, 3.63) is 47.2 Å². The van der Waals surface area contributed by atoms with Crippen LogP contribution in [0.3, 0.4) is 0 Å². The standard InChI is InChI=1S/C18H15ClN4O3/c1-2-20-17(24)10-3-5-11(6-4-10)21-16-12-7-14-15(26-9-25-14)8-13(12)22-18(19)23-16/h3-8H,2,9H2,1H3,(H,20,24)(H,21,22,23). The van der Waals surface area contributed by atoms with Crippen LogP contribution in [0.4, 0.5) is 11.5 Å². The number of anilines is 2. The van der Waals surface area contributed by atoms with E-state index in [1.54, 1.807) is 30.3 Å². The van der Waals surface area contributed by atoms with E-state index in [0.717, 1.165) is 11.1 Å². The highest BCUT2D eigenvalue weighted by Crippen LogP contribution is 2.38. The molecule has 2 heterocycles. The van der Waals surface area contributed by atoms with Crippen molar-refractivity contribution in [1.82, 2.24) is 15.3 Å². The fraction of sp³-hybridized carbons (Fsp3) is 0.167. The molecule has 0 atom stereocenters. The monoisotopic (exact) mass is 370 g/mol. The first-order chi connectivity index (χ1) is 12.6.